The van der Waals surface area contributed by atoms with E-state index in [0.717, 1.165) is 39.2 Å². The number of anilines is 1. The van der Waals surface area contributed by atoms with Gasteiger partial charge in [-0.1, -0.05) is 35.8 Å². The van der Waals surface area contributed by atoms with Gasteiger partial charge in [-0.15, -0.1) is 0 Å². The number of carbonyl (C=O) groups is 1. The Morgan fingerprint density at radius 2 is 1.91 bits per heavy atom. The molecule has 0 saturated carbocycles. The second kappa shape index (κ2) is 8.41. The Hall–Kier alpha value is -3.43. The molecule has 1 aromatic carbocycles. The predicted octanol–water partition coefficient (Wildman–Crippen LogP) is 6.59. The summed E-state index contributed by atoms with van der Waals surface area (Å²) < 4.78 is 2.97. The van der Waals surface area contributed by atoms with Gasteiger partial charge in [0.05, 0.1) is 23.2 Å². The maximum Gasteiger partial charge on any atom is 0.162 e. The largest absolute Gasteiger partial charge is 0.309 e. The van der Waals surface area contributed by atoms with Gasteiger partial charge in [-0.25, -0.2) is 0 Å². The fraction of sp³-hybridized carbons (Fsp3) is 0.250. The summed E-state index contributed by atoms with van der Waals surface area (Å²) in [6, 6.07) is 16.3. The molecule has 0 N–H and O–H groups in total. The lowest BCUT2D eigenvalue weighted by Gasteiger charge is -2.45. The van der Waals surface area contributed by atoms with Gasteiger partial charge in [-0.3, -0.25) is 14.7 Å². The molecular weight excluding hydrogens is 488 g/mol. The molecule has 0 spiro atoms. The van der Waals surface area contributed by atoms with Gasteiger partial charge in [0.25, 0.3) is 0 Å². The van der Waals surface area contributed by atoms with Crippen LogP contribution in [0.15, 0.2) is 88.6 Å². The molecule has 0 fully saturated rings. The Morgan fingerprint density at radius 3 is 2.56 bits per heavy atom. The Kier molecular flexibility index (Phi) is 5.53. The highest BCUT2D eigenvalue weighted by Crippen LogP contribution is 2.52. The molecule has 0 radical (unpaired) electrons. The molecular formula is C28H25BrN4O. The van der Waals surface area contributed by atoms with Crippen molar-refractivity contribution in [1.29, 1.82) is 5.26 Å². The van der Waals surface area contributed by atoms with Gasteiger partial charge in [0.1, 0.15) is 5.82 Å². The van der Waals surface area contributed by atoms with Gasteiger partial charge in [0.15, 0.2) is 5.78 Å². The number of nitriles is 1. The summed E-state index contributed by atoms with van der Waals surface area (Å²) in [4.78, 5) is 20.2. The minimum absolute atomic E-state index is 0.0965. The molecule has 5 nitrogen and oxygen atoms in total. The summed E-state index contributed by atoms with van der Waals surface area (Å²) in [5.41, 5.74) is 4.89. The minimum atomic E-state index is -0.457. The second-order valence-electron chi connectivity index (χ2n) is 9.73. The molecule has 0 saturated heterocycles. The van der Waals surface area contributed by atoms with Crippen LogP contribution in [0.2, 0.25) is 0 Å². The Morgan fingerprint density at radius 1 is 1.15 bits per heavy atom. The minimum Gasteiger partial charge on any atom is -0.309 e. The average Bonchev–Trinajstić information content (AvgIpc) is 3.32. The van der Waals surface area contributed by atoms with Crippen LogP contribution in [-0.4, -0.2) is 15.3 Å². The van der Waals surface area contributed by atoms with Crippen molar-refractivity contribution >= 4 is 33.2 Å². The lowest BCUT2D eigenvalue weighted by Crippen LogP contribution is -2.40. The molecule has 1 unspecified atom stereocenters. The van der Waals surface area contributed by atoms with Crippen LogP contribution in [0.5, 0.6) is 0 Å². The number of aryl methyl sites for hydroxylation is 1. The van der Waals surface area contributed by atoms with Gasteiger partial charge in [-0.05, 0) is 66.3 Å². The molecule has 5 rings (SSSR count). The Balaban J connectivity index is 1.88. The number of benzene rings is 1. The van der Waals surface area contributed by atoms with Gasteiger partial charge >= 0.3 is 0 Å². The summed E-state index contributed by atoms with van der Waals surface area (Å²) >= 11 is 3.58. The van der Waals surface area contributed by atoms with E-state index < -0.39 is 5.92 Å². The molecule has 1 aliphatic heterocycles. The Labute approximate surface area is 208 Å². The van der Waals surface area contributed by atoms with E-state index in [-0.39, 0.29) is 11.2 Å². The highest BCUT2D eigenvalue weighted by atomic mass is 79.9. The number of nitrogens with zero attached hydrogens (tertiary/aromatic N) is 4. The number of pyridine rings is 1. The van der Waals surface area contributed by atoms with E-state index in [9.17, 15) is 10.1 Å². The van der Waals surface area contributed by atoms with Crippen LogP contribution in [0.4, 0.5) is 5.69 Å². The van der Waals surface area contributed by atoms with Crippen LogP contribution in [0, 0.1) is 23.7 Å². The van der Waals surface area contributed by atoms with E-state index in [1.165, 1.54) is 0 Å². The molecule has 1 atom stereocenters. The number of hydrogen-bond acceptors (Lipinski definition) is 4. The van der Waals surface area contributed by atoms with E-state index in [2.05, 4.69) is 64.8 Å². The zero-order valence-electron chi connectivity index (χ0n) is 19.4. The van der Waals surface area contributed by atoms with Gasteiger partial charge in [-0.2, -0.15) is 5.26 Å². The lowest BCUT2D eigenvalue weighted by molar-refractivity contribution is -0.118. The standard InChI is InChI=1S/C28H25BrN4O/c1-18-13-20(29)8-9-22(18)33-23-14-28(2,3)15-24(34)26(23)25(19-7-6-10-31-17-19)21(16-30)27(33)32-11-4-5-12-32/h4-13,17,25H,14-15H2,1-3H3. The van der Waals surface area contributed by atoms with Crippen LogP contribution in [0.1, 0.15) is 43.7 Å². The first kappa shape index (κ1) is 22.4. The van der Waals surface area contributed by atoms with Gasteiger partial charge in [0, 0.05) is 47.0 Å². The normalized spacial score (nSPS) is 19.8. The molecule has 3 heterocycles. The molecule has 34 heavy (non-hydrogen) atoms. The SMILES string of the molecule is Cc1cc(Br)ccc1N1C2=C(C(=O)CC(C)(C)C2)C(c2cccnc2)C(C#N)=C1n1cccc1. The molecule has 170 valence electrons. The summed E-state index contributed by atoms with van der Waals surface area (Å²) in [7, 11) is 0. The first-order chi connectivity index (χ1) is 16.3. The van der Waals surface area contributed by atoms with Crippen molar-refractivity contribution in [2.75, 3.05) is 4.90 Å². The number of Topliss-reactive ketones (excluding diaryl/α,β-unsaturated/α-hetero) is 1. The summed E-state index contributed by atoms with van der Waals surface area (Å²) in [5, 5.41) is 10.5. The van der Waals surface area contributed by atoms with Crippen LogP contribution in [0.25, 0.3) is 5.82 Å². The monoisotopic (exact) mass is 512 g/mol. The highest BCUT2D eigenvalue weighted by Gasteiger charge is 2.45. The van der Waals surface area contributed by atoms with E-state index in [4.69, 9.17) is 0 Å². The molecule has 2 aliphatic rings. The number of halogens is 1. The predicted molar refractivity (Wildman–Crippen MR) is 137 cm³/mol. The number of aromatic nitrogens is 2. The zero-order valence-corrected chi connectivity index (χ0v) is 21.0. The first-order valence-electron chi connectivity index (χ1n) is 11.3. The third kappa shape index (κ3) is 3.70. The molecule has 1 aliphatic carbocycles. The third-order valence-electron chi connectivity index (χ3n) is 6.58. The van der Waals surface area contributed by atoms with Crippen molar-refractivity contribution in [3.05, 3.63) is 99.7 Å². The first-order valence-corrected chi connectivity index (χ1v) is 12.1. The van der Waals surface area contributed by atoms with Crippen LogP contribution < -0.4 is 4.90 Å². The van der Waals surface area contributed by atoms with Gasteiger partial charge in [0.2, 0.25) is 0 Å². The molecule has 6 heteroatoms. The maximum absolute atomic E-state index is 13.7. The third-order valence-corrected chi connectivity index (χ3v) is 7.08. The van der Waals surface area contributed by atoms with Crippen molar-refractivity contribution < 1.29 is 4.79 Å². The number of rotatable bonds is 3. The smallest absolute Gasteiger partial charge is 0.162 e. The second-order valence-corrected chi connectivity index (χ2v) is 10.6. The van der Waals surface area contributed by atoms with Crippen molar-refractivity contribution in [3.8, 4) is 6.07 Å². The fourth-order valence-electron chi connectivity index (χ4n) is 5.20. The van der Waals surface area contributed by atoms with Crippen LogP contribution >= 0.6 is 15.9 Å². The zero-order chi connectivity index (χ0) is 24.0. The van der Waals surface area contributed by atoms with Crippen molar-refractivity contribution in [1.82, 2.24) is 9.55 Å². The summed E-state index contributed by atoms with van der Waals surface area (Å²) in [6.45, 7) is 6.33. The van der Waals surface area contributed by atoms with E-state index in [1.807, 2.05) is 47.3 Å². The van der Waals surface area contributed by atoms with E-state index in [1.54, 1.807) is 12.4 Å². The highest BCUT2D eigenvalue weighted by molar-refractivity contribution is 9.10. The maximum atomic E-state index is 13.7. The van der Waals surface area contributed by atoms with Crippen molar-refractivity contribution in [2.45, 2.75) is 39.5 Å². The lowest BCUT2D eigenvalue weighted by atomic mass is 9.68. The fourth-order valence-corrected chi connectivity index (χ4v) is 5.68. The molecule has 2 aromatic heterocycles. The van der Waals surface area contributed by atoms with Crippen LogP contribution in [0.3, 0.4) is 0 Å². The number of allylic oxidation sites excluding steroid dienone is 3. The number of carbonyl (C=O) groups excluding carboxylic acids is 1. The van der Waals surface area contributed by atoms with Crippen molar-refractivity contribution in [3.63, 3.8) is 0 Å². The van der Waals surface area contributed by atoms with Crippen molar-refractivity contribution in [2.24, 2.45) is 5.41 Å². The van der Waals surface area contributed by atoms with Gasteiger partial charge < -0.3 is 4.57 Å². The topological polar surface area (TPSA) is 61.9 Å². The summed E-state index contributed by atoms with van der Waals surface area (Å²) in [6.07, 6.45) is 8.57. The molecule has 0 bridgehead atoms. The number of hydrogen-bond donors (Lipinski definition) is 0. The van der Waals surface area contributed by atoms with E-state index >= 15 is 0 Å². The van der Waals surface area contributed by atoms with Crippen LogP contribution in [-0.2, 0) is 4.79 Å². The summed E-state index contributed by atoms with van der Waals surface area (Å²) in [5.74, 6) is 0.400. The molecule has 0 amide bonds. The quantitative estimate of drug-likeness (QED) is 0.396. The average molecular weight is 513 g/mol. The number of ketones is 1. The molecule has 3 aromatic rings. The van der Waals surface area contributed by atoms with E-state index in [0.29, 0.717) is 17.6 Å². The Bertz CT molecular complexity index is 1380.